The fourth-order valence-corrected chi connectivity index (χ4v) is 3.30. The van der Waals surface area contributed by atoms with Crippen LogP contribution in [0.1, 0.15) is 23.7 Å². The van der Waals surface area contributed by atoms with E-state index in [-0.39, 0.29) is 17.1 Å². The van der Waals surface area contributed by atoms with Crippen LogP contribution in [0.4, 0.5) is 0 Å². The molecule has 1 heterocycles. The maximum absolute atomic E-state index is 12.6. The van der Waals surface area contributed by atoms with Crippen molar-refractivity contribution in [3.05, 3.63) is 35.9 Å². The van der Waals surface area contributed by atoms with Crippen LogP contribution in [0.25, 0.3) is 0 Å². The standard InChI is InChI=1S/C15H19NO3S/c1-20-13(11-5-3-2-4-6-11)14(17)16-9-7-12(8-10-16)15(18)19/h2-6,12-13H,7-10H2,1H3,(H,18,19). The number of carboxylic acid groups (broad SMARTS) is 1. The van der Waals surface area contributed by atoms with Crippen LogP contribution in [0.3, 0.4) is 0 Å². The zero-order valence-corrected chi connectivity index (χ0v) is 12.3. The molecule has 1 fully saturated rings. The molecule has 0 aromatic heterocycles. The quantitative estimate of drug-likeness (QED) is 0.926. The molecule has 1 amide bonds. The fraction of sp³-hybridized carbons (Fsp3) is 0.467. The summed E-state index contributed by atoms with van der Waals surface area (Å²) in [6, 6.07) is 9.72. The normalized spacial score (nSPS) is 17.8. The number of rotatable bonds is 4. The Balaban J connectivity index is 2.02. The highest BCUT2D eigenvalue weighted by Crippen LogP contribution is 2.30. The van der Waals surface area contributed by atoms with Crippen molar-refractivity contribution in [3.63, 3.8) is 0 Å². The molecule has 1 N–H and O–H groups in total. The molecule has 0 bridgehead atoms. The van der Waals surface area contributed by atoms with Gasteiger partial charge in [0.25, 0.3) is 0 Å². The minimum absolute atomic E-state index is 0.0903. The summed E-state index contributed by atoms with van der Waals surface area (Å²) >= 11 is 1.52. The number of likely N-dealkylation sites (tertiary alicyclic amines) is 1. The van der Waals surface area contributed by atoms with E-state index in [1.54, 1.807) is 4.90 Å². The van der Waals surface area contributed by atoms with Crippen molar-refractivity contribution in [3.8, 4) is 0 Å². The molecule has 4 nitrogen and oxygen atoms in total. The number of amides is 1. The number of carboxylic acids is 1. The third-order valence-corrected chi connectivity index (χ3v) is 4.66. The summed E-state index contributed by atoms with van der Waals surface area (Å²) in [5.41, 5.74) is 1.00. The third kappa shape index (κ3) is 3.33. The van der Waals surface area contributed by atoms with Gasteiger partial charge in [-0.05, 0) is 24.7 Å². The lowest BCUT2D eigenvalue weighted by Gasteiger charge is -2.32. The summed E-state index contributed by atoms with van der Waals surface area (Å²) in [5, 5.41) is 8.79. The number of benzene rings is 1. The van der Waals surface area contributed by atoms with Gasteiger partial charge in [0.1, 0.15) is 5.25 Å². The monoisotopic (exact) mass is 293 g/mol. The second kappa shape index (κ2) is 6.79. The highest BCUT2D eigenvalue weighted by atomic mass is 32.2. The number of piperidine rings is 1. The molecule has 1 unspecified atom stereocenters. The van der Waals surface area contributed by atoms with Gasteiger partial charge in [0.15, 0.2) is 0 Å². The first-order chi connectivity index (χ1) is 9.63. The molecule has 5 heteroatoms. The average molecular weight is 293 g/mol. The molecule has 0 aliphatic carbocycles. The molecular weight excluding hydrogens is 274 g/mol. The van der Waals surface area contributed by atoms with Crippen molar-refractivity contribution in [1.82, 2.24) is 4.90 Å². The molecule has 0 saturated carbocycles. The van der Waals surface area contributed by atoms with Crippen molar-refractivity contribution in [2.75, 3.05) is 19.3 Å². The molecule has 1 atom stereocenters. The van der Waals surface area contributed by atoms with Crippen molar-refractivity contribution < 1.29 is 14.7 Å². The average Bonchev–Trinajstić information content (AvgIpc) is 2.49. The Bertz CT molecular complexity index is 469. The fourth-order valence-electron chi connectivity index (χ4n) is 2.52. The Labute approximate surface area is 123 Å². The third-order valence-electron chi connectivity index (χ3n) is 3.72. The van der Waals surface area contributed by atoms with Gasteiger partial charge in [0.05, 0.1) is 5.92 Å². The van der Waals surface area contributed by atoms with Gasteiger partial charge in [-0.25, -0.2) is 0 Å². The summed E-state index contributed by atoms with van der Waals surface area (Å²) in [6.07, 6.45) is 3.04. The summed E-state index contributed by atoms with van der Waals surface area (Å²) in [5.74, 6) is -0.961. The van der Waals surface area contributed by atoms with Gasteiger partial charge in [0.2, 0.25) is 5.91 Å². The topological polar surface area (TPSA) is 57.6 Å². The maximum atomic E-state index is 12.6. The second-order valence-electron chi connectivity index (χ2n) is 4.96. The van der Waals surface area contributed by atoms with Crippen molar-refractivity contribution in [1.29, 1.82) is 0 Å². The number of nitrogens with zero attached hydrogens (tertiary/aromatic N) is 1. The molecule has 1 aromatic carbocycles. The summed E-state index contributed by atoms with van der Waals surface area (Å²) in [7, 11) is 0. The molecule has 0 radical (unpaired) electrons. The van der Waals surface area contributed by atoms with Crippen LogP contribution in [0, 0.1) is 5.92 Å². The minimum Gasteiger partial charge on any atom is -0.481 e. The molecule has 2 rings (SSSR count). The van der Waals surface area contributed by atoms with Crippen molar-refractivity contribution >= 4 is 23.6 Å². The van der Waals surface area contributed by atoms with Gasteiger partial charge >= 0.3 is 5.97 Å². The Morgan fingerprint density at radius 1 is 1.25 bits per heavy atom. The van der Waals surface area contributed by atoms with Crippen LogP contribution >= 0.6 is 11.8 Å². The first-order valence-electron chi connectivity index (χ1n) is 6.73. The van der Waals surface area contributed by atoms with Gasteiger partial charge in [-0.3, -0.25) is 9.59 Å². The van der Waals surface area contributed by atoms with Crippen LogP contribution in [0.2, 0.25) is 0 Å². The Morgan fingerprint density at radius 2 is 1.85 bits per heavy atom. The van der Waals surface area contributed by atoms with Crippen molar-refractivity contribution in [2.45, 2.75) is 18.1 Å². The van der Waals surface area contributed by atoms with Crippen LogP contribution in [0.15, 0.2) is 30.3 Å². The highest BCUT2D eigenvalue weighted by Gasteiger charge is 2.30. The van der Waals surface area contributed by atoms with Crippen molar-refractivity contribution in [2.24, 2.45) is 5.92 Å². The lowest BCUT2D eigenvalue weighted by Crippen LogP contribution is -2.42. The van der Waals surface area contributed by atoms with E-state index in [9.17, 15) is 9.59 Å². The van der Waals surface area contributed by atoms with Crippen LogP contribution in [0.5, 0.6) is 0 Å². The SMILES string of the molecule is CSC(C(=O)N1CCC(C(=O)O)CC1)c1ccccc1. The predicted molar refractivity (Wildman–Crippen MR) is 79.6 cm³/mol. The van der Waals surface area contributed by atoms with Gasteiger partial charge in [-0.15, -0.1) is 11.8 Å². The minimum atomic E-state index is -0.749. The van der Waals surface area contributed by atoms with E-state index in [0.717, 1.165) is 5.56 Å². The number of hydrogen-bond donors (Lipinski definition) is 1. The molecule has 1 saturated heterocycles. The predicted octanol–water partition coefficient (Wildman–Crippen LogP) is 2.41. The Hall–Kier alpha value is -1.49. The zero-order chi connectivity index (χ0) is 14.5. The molecule has 0 spiro atoms. The van der Waals surface area contributed by atoms with E-state index in [1.807, 2.05) is 36.6 Å². The summed E-state index contributed by atoms with van der Waals surface area (Å²) in [4.78, 5) is 25.3. The molecule has 1 aromatic rings. The van der Waals surface area contributed by atoms with Crippen LogP contribution in [-0.4, -0.2) is 41.2 Å². The van der Waals surface area contributed by atoms with Crippen LogP contribution in [-0.2, 0) is 9.59 Å². The van der Waals surface area contributed by atoms with E-state index in [0.29, 0.717) is 25.9 Å². The van der Waals surface area contributed by atoms with E-state index >= 15 is 0 Å². The van der Waals surface area contributed by atoms with Gasteiger partial charge in [-0.1, -0.05) is 30.3 Å². The summed E-state index contributed by atoms with van der Waals surface area (Å²) in [6.45, 7) is 1.08. The van der Waals surface area contributed by atoms with E-state index < -0.39 is 5.97 Å². The number of hydrogen-bond acceptors (Lipinski definition) is 3. The second-order valence-corrected chi connectivity index (χ2v) is 5.91. The van der Waals surface area contributed by atoms with Gasteiger partial charge in [-0.2, -0.15) is 0 Å². The van der Waals surface area contributed by atoms with E-state index in [2.05, 4.69) is 0 Å². The summed E-state index contributed by atoms with van der Waals surface area (Å²) < 4.78 is 0. The number of aliphatic carboxylic acids is 1. The smallest absolute Gasteiger partial charge is 0.306 e. The molecular formula is C15H19NO3S. The largest absolute Gasteiger partial charge is 0.481 e. The molecule has 1 aliphatic rings. The van der Waals surface area contributed by atoms with E-state index in [4.69, 9.17) is 5.11 Å². The molecule has 1 aliphatic heterocycles. The van der Waals surface area contributed by atoms with E-state index in [1.165, 1.54) is 11.8 Å². The number of carbonyl (C=O) groups is 2. The number of carbonyl (C=O) groups excluding carboxylic acids is 1. The van der Waals surface area contributed by atoms with Gasteiger partial charge in [0, 0.05) is 13.1 Å². The lowest BCUT2D eigenvalue weighted by molar-refractivity contribution is -0.145. The molecule has 108 valence electrons. The zero-order valence-electron chi connectivity index (χ0n) is 11.5. The Morgan fingerprint density at radius 3 is 2.35 bits per heavy atom. The number of thioether (sulfide) groups is 1. The first-order valence-corrected chi connectivity index (χ1v) is 8.01. The molecule has 20 heavy (non-hydrogen) atoms. The lowest BCUT2D eigenvalue weighted by atomic mass is 9.96. The first kappa shape index (κ1) is 14.9. The maximum Gasteiger partial charge on any atom is 0.306 e. The highest BCUT2D eigenvalue weighted by molar-refractivity contribution is 7.99. The van der Waals surface area contributed by atoms with Gasteiger partial charge < -0.3 is 10.0 Å². The van der Waals surface area contributed by atoms with Crippen LogP contribution < -0.4 is 0 Å². The Kier molecular flexibility index (Phi) is 5.06.